The number of ketones is 1. The van der Waals surface area contributed by atoms with Crippen molar-refractivity contribution in [1.29, 1.82) is 0 Å². The van der Waals surface area contributed by atoms with Crippen molar-refractivity contribution in [2.45, 2.75) is 89.7 Å². The maximum absolute atomic E-state index is 13.3. The molecule has 0 aromatic heterocycles. The molecule has 1 saturated carbocycles. The summed E-state index contributed by atoms with van der Waals surface area (Å²) in [7, 11) is 1.96. The summed E-state index contributed by atoms with van der Waals surface area (Å²) in [6.07, 6.45) is 11.2. The number of carbonyl (C=O) groups excluding carboxylic acids is 2. The molecular weight excluding hydrogens is 474 g/mol. The number of rotatable bonds is 13. The summed E-state index contributed by atoms with van der Waals surface area (Å²) < 4.78 is 6.39. The zero-order valence-corrected chi connectivity index (χ0v) is 23.0. The number of halogens is 1. The summed E-state index contributed by atoms with van der Waals surface area (Å²) in [6.45, 7) is 4.65. The van der Waals surface area contributed by atoms with Gasteiger partial charge in [0.25, 0.3) is 0 Å². The van der Waals surface area contributed by atoms with Crippen LogP contribution in [0.3, 0.4) is 0 Å². The molecule has 0 spiro atoms. The van der Waals surface area contributed by atoms with Gasteiger partial charge in [-0.05, 0) is 56.3 Å². The van der Waals surface area contributed by atoms with Gasteiger partial charge in [-0.1, -0.05) is 62.8 Å². The van der Waals surface area contributed by atoms with Crippen molar-refractivity contribution in [3.05, 3.63) is 34.9 Å². The molecule has 3 rings (SSSR count). The molecule has 2 amide bonds. The van der Waals surface area contributed by atoms with Gasteiger partial charge in [0.1, 0.15) is 5.78 Å². The fourth-order valence-corrected chi connectivity index (χ4v) is 6.02. The van der Waals surface area contributed by atoms with E-state index in [1.807, 2.05) is 37.1 Å². The summed E-state index contributed by atoms with van der Waals surface area (Å²) in [5.41, 5.74) is 1.04. The van der Waals surface area contributed by atoms with Gasteiger partial charge in [-0.2, -0.15) is 0 Å². The Balaban J connectivity index is 1.62. The van der Waals surface area contributed by atoms with Crippen LogP contribution in [0.2, 0.25) is 5.02 Å². The van der Waals surface area contributed by atoms with Crippen LogP contribution in [0.5, 0.6) is 0 Å². The van der Waals surface area contributed by atoms with Crippen LogP contribution in [0.15, 0.2) is 24.3 Å². The van der Waals surface area contributed by atoms with Crippen molar-refractivity contribution >= 4 is 23.4 Å². The van der Waals surface area contributed by atoms with E-state index in [4.69, 9.17) is 16.3 Å². The fraction of sp³-hybridized carbons (Fsp3) is 0.724. The standard InChI is InChI=1S/C29H46ClN3O3/c1-3-27(34)15-9-17-36-28(23-12-7-14-25(30)19-23)24-13-8-16-33(21-24)29(35)32-26(20-31-2)18-22-10-5-4-6-11-22/h7,12,14,19,22,24,26,28,31H,3-6,8-11,13,15-18,20-21H2,1-2H3,(H,32,35)/t24-,26+,28-/m0/s1. The molecule has 1 aromatic rings. The molecule has 2 fully saturated rings. The lowest BCUT2D eigenvalue weighted by Crippen LogP contribution is -2.52. The smallest absolute Gasteiger partial charge is 0.317 e. The number of nitrogens with zero attached hydrogens (tertiary/aromatic N) is 1. The van der Waals surface area contributed by atoms with E-state index < -0.39 is 0 Å². The maximum Gasteiger partial charge on any atom is 0.317 e. The second-order valence-corrected chi connectivity index (χ2v) is 11.1. The van der Waals surface area contributed by atoms with Crippen LogP contribution in [0, 0.1) is 11.8 Å². The molecule has 1 heterocycles. The average molecular weight is 520 g/mol. The van der Waals surface area contributed by atoms with Gasteiger partial charge in [-0.3, -0.25) is 4.79 Å². The summed E-state index contributed by atoms with van der Waals surface area (Å²) >= 11 is 6.31. The number of likely N-dealkylation sites (tertiary alicyclic amines) is 1. The molecule has 0 bridgehead atoms. The first-order chi connectivity index (χ1) is 17.5. The zero-order chi connectivity index (χ0) is 25.8. The van der Waals surface area contributed by atoms with Gasteiger partial charge in [0.05, 0.1) is 6.10 Å². The Bertz CT molecular complexity index is 815. The minimum Gasteiger partial charge on any atom is -0.373 e. The number of piperidine rings is 1. The van der Waals surface area contributed by atoms with Crippen molar-refractivity contribution in [3.63, 3.8) is 0 Å². The summed E-state index contributed by atoms with van der Waals surface area (Å²) in [6, 6.07) is 8.04. The number of benzene rings is 1. The van der Waals surface area contributed by atoms with Crippen LogP contribution in [0.25, 0.3) is 0 Å². The van der Waals surface area contributed by atoms with E-state index in [1.54, 1.807) is 0 Å². The molecule has 0 unspecified atom stereocenters. The zero-order valence-electron chi connectivity index (χ0n) is 22.3. The molecule has 202 valence electrons. The first-order valence-electron chi connectivity index (χ1n) is 14.1. The lowest BCUT2D eigenvalue weighted by atomic mass is 9.85. The Kier molecular flexibility index (Phi) is 12.5. The number of ether oxygens (including phenoxy) is 1. The highest BCUT2D eigenvalue weighted by Crippen LogP contribution is 2.34. The lowest BCUT2D eigenvalue weighted by molar-refractivity contribution is -0.119. The number of likely N-dealkylation sites (N-methyl/N-ethyl adjacent to an activating group) is 1. The summed E-state index contributed by atoms with van der Waals surface area (Å²) in [5, 5.41) is 7.30. The van der Waals surface area contributed by atoms with Crippen molar-refractivity contribution in [2.75, 3.05) is 33.3 Å². The third kappa shape index (κ3) is 9.35. The minimum absolute atomic E-state index is 0.0362. The third-order valence-electron chi connectivity index (χ3n) is 7.76. The molecule has 3 atom stereocenters. The van der Waals surface area contributed by atoms with Crippen LogP contribution in [-0.2, 0) is 9.53 Å². The topological polar surface area (TPSA) is 70.7 Å². The van der Waals surface area contributed by atoms with Gasteiger partial charge in [0.2, 0.25) is 0 Å². The van der Waals surface area contributed by atoms with E-state index in [1.165, 1.54) is 32.1 Å². The fourth-order valence-electron chi connectivity index (χ4n) is 5.82. The Hall–Kier alpha value is -1.63. The molecule has 7 heteroatoms. The molecular formula is C29H46ClN3O3. The van der Waals surface area contributed by atoms with Gasteiger partial charge >= 0.3 is 6.03 Å². The van der Waals surface area contributed by atoms with E-state index >= 15 is 0 Å². The Labute approximate surface area is 222 Å². The number of carbonyl (C=O) groups is 2. The third-order valence-corrected chi connectivity index (χ3v) is 8.00. The van der Waals surface area contributed by atoms with E-state index in [9.17, 15) is 9.59 Å². The molecule has 1 aliphatic carbocycles. The van der Waals surface area contributed by atoms with Crippen molar-refractivity contribution in [2.24, 2.45) is 11.8 Å². The number of urea groups is 1. The Morgan fingerprint density at radius 1 is 1.17 bits per heavy atom. The Morgan fingerprint density at radius 3 is 2.69 bits per heavy atom. The predicted octanol–water partition coefficient (Wildman–Crippen LogP) is 6.14. The Morgan fingerprint density at radius 2 is 1.97 bits per heavy atom. The number of Topliss-reactive ketones (excluding diaryl/α,β-unsaturated/α-hetero) is 1. The number of amides is 2. The first-order valence-corrected chi connectivity index (χ1v) is 14.5. The number of nitrogens with one attached hydrogen (secondary N) is 2. The highest BCUT2D eigenvalue weighted by molar-refractivity contribution is 6.30. The van der Waals surface area contributed by atoms with E-state index in [0.29, 0.717) is 43.4 Å². The normalized spacial score (nSPS) is 20.6. The molecule has 1 aliphatic heterocycles. The van der Waals surface area contributed by atoms with Crippen molar-refractivity contribution in [3.8, 4) is 0 Å². The summed E-state index contributed by atoms with van der Waals surface area (Å²) in [5.74, 6) is 1.17. The van der Waals surface area contributed by atoms with Crippen LogP contribution in [0.4, 0.5) is 4.79 Å². The number of hydrogen-bond acceptors (Lipinski definition) is 4. The van der Waals surface area contributed by atoms with Crippen LogP contribution >= 0.6 is 11.6 Å². The van der Waals surface area contributed by atoms with Gasteiger partial charge in [-0.25, -0.2) is 4.79 Å². The second kappa shape index (κ2) is 15.6. The average Bonchev–Trinajstić information content (AvgIpc) is 2.89. The first kappa shape index (κ1) is 28.9. The molecule has 2 aliphatic rings. The monoisotopic (exact) mass is 519 g/mol. The molecule has 6 nitrogen and oxygen atoms in total. The quantitative estimate of drug-likeness (QED) is 0.307. The van der Waals surface area contributed by atoms with E-state index in [-0.39, 0.29) is 29.9 Å². The van der Waals surface area contributed by atoms with Gasteiger partial charge in [-0.15, -0.1) is 0 Å². The highest BCUT2D eigenvalue weighted by atomic mass is 35.5. The molecule has 0 radical (unpaired) electrons. The second-order valence-electron chi connectivity index (χ2n) is 10.6. The maximum atomic E-state index is 13.3. The van der Waals surface area contributed by atoms with Gasteiger partial charge in [0, 0.05) is 56.1 Å². The van der Waals surface area contributed by atoms with Crippen LogP contribution in [0.1, 0.15) is 89.2 Å². The van der Waals surface area contributed by atoms with Crippen molar-refractivity contribution in [1.82, 2.24) is 15.5 Å². The van der Waals surface area contributed by atoms with E-state index in [0.717, 1.165) is 37.9 Å². The van der Waals surface area contributed by atoms with Crippen molar-refractivity contribution < 1.29 is 14.3 Å². The highest BCUT2D eigenvalue weighted by Gasteiger charge is 2.32. The van der Waals surface area contributed by atoms with E-state index in [2.05, 4.69) is 16.7 Å². The van der Waals surface area contributed by atoms with Gasteiger partial charge < -0.3 is 20.3 Å². The predicted molar refractivity (Wildman–Crippen MR) is 146 cm³/mol. The summed E-state index contributed by atoms with van der Waals surface area (Å²) in [4.78, 5) is 27.0. The van der Waals surface area contributed by atoms with Gasteiger partial charge in [0.15, 0.2) is 0 Å². The molecule has 1 aromatic carbocycles. The van der Waals surface area contributed by atoms with Crippen LogP contribution < -0.4 is 10.6 Å². The largest absolute Gasteiger partial charge is 0.373 e. The minimum atomic E-state index is -0.147. The number of hydrogen-bond donors (Lipinski definition) is 2. The SMILES string of the molecule is CCC(=O)CCCO[C@@H](c1cccc(Cl)c1)[C@H]1CCCN(C(=O)N[C@@H](CNC)CC2CCCCC2)C1. The molecule has 2 N–H and O–H groups in total. The molecule has 1 saturated heterocycles. The van der Waals surface area contributed by atoms with Crippen LogP contribution in [-0.4, -0.2) is 56.0 Å². The molecule has 36 heavy (non-hydrogen) atoms. The lowest BCUT2D eigenvalue weighted by Gasteiger charge is -2.38.